The number of nitrogens with zero attached hydrogens (tertiary/aromatic N) is 1. The summed E-state index contributed by atoms with van der Waals surface area (Å²) in [6.45, 7) is 0.965. The Balaban J connectivity index is 2.07. The van der Waals surface area contributed by atoms with Gasteiger partial charge in [0.2, 0.25) is 0 Å². The second-order valence-corrected chi connectivity index (χ2v) is 4.39. The Kier molecular flexibility index (Phi) is 2.90. The molecule has 0 aromatic carbocycles. The molecule has 2 atom stereocenters. The number of pyridine rings is 1. The first-order valence-corrected chi connectivity index (χ1v) is 5.28. The molecule has 1 aliphatic rings. The van der Waals surface area contributed by atoms with Gasteiger partial charge in [-0.25, -0.2) is 4.98 Å². The number of hydrogen-bond donors (Lipinski definition) is 2. The lowest BCUT2D eigenvalue weighted by atomic mass is 10.3. The molecule has 2 heterocycles. The van der Waals surface area contributed by atoms with Crippen LogP contribution in [0.1, 0.15) is 0 Å². The van der Waals surface area contributed by atoms with Crippen LogP contribution >= 0.6 is 11.8 Å². The predicted octanol–water partition coefficient (Wildman–Crippen LogP) is 0.516. The fourth-order valence-electron chi connectivity index (χ4n) is 1.28. The van der Waals surface area contributed by atoms with E-state index in [1.807, 2.05) is 0 Å². The zero-order valence-electron chi connectivity index (χ0n) is 7.59. The number of nitrogen functional groups attached to an aromatic ring is 1. The fourth-order valence-corrected chi connectivity index (χ4v) is 2.29. The summed E-state index contributed by atoms with van der Waals surface area (Å²) in [5.74, 6) is 0. The molecule has 1 saturated heterocycles. The van der Waals surface area contributed by atoms with E-state index in [1.54, 1.807) is 18.3 Å². The van der Waals surface area contributed by atoms with Crippen LogP contribution in [0.5, 0.6) is 0 Å². The summed E-state index contributed by atoms with van der Waals surface area (Å²) in [5.41, 5.74) is 6.39. The number of anilines is 1. The Morgan fingerprint density at radius 1 is 1.57 bits per heavy atom. The monoisotopic (exact) mass is 212 g/mol. The minimum Gasteiger partial charge on any atom is -0.397 e. The normalized spacial score (nSPS) is 26.6. The predicted molar refractivity (Wildman–Crippen MR) is 55.1 cm³/mol. The van der Waals surface area contributed by atoms with Gasteiger partial charge in [0.25, 0.3) is 0 Å². The smallest absolute Gasteiger partial charge is 0.119 e. The van der Waals surface area contributed by atoms with E-state index in [-0.39, 0.29) is 5.25 Å². The molecule has 0 spiro atoms. The van der Waals surface area contributed by atoms with E-state index in [4.69, 9.17) is 10.5 Å². The van der Waals surface area contributed by atoms with Crippen molar-refractivity contribution >= 4 is 17.4 Å². The third kappa shape index (κ3) is 2.00. The molecule has 0 amide bonds. The molecule has 2 rings (SSSR count). The van der Waals surface area contributed by atoms with E-state index in [2.05, 4.69) is 4.98 Å². The minimum atomic E-state index is -0.415. The quantitative estimate of drug-likeness (QED) is 0.748. The van der Waals surface area contributed by atoms with Crippen LogP contribution in [0.4, 0.5) is 5.69 Å². The number of rotatable bonds is 2. The summed E-state index contributed by atoms with van der Waals surface area (Å²) < 4.78 is 5.14. The average molecular weight is 212 g/mol. The molecule has 1 aliphatic heterocycles. The number of nitrogens with two attached hydrogens (primary N) is 1. The van der Waals surface area contributed by atoms with Gasteiger partial charge in [-0.2, -0.15) is 0 Å². The third-order valence-electron chi connectivity index (χ3n) is 2.06. The summed E-state index contributed by atoms with van der Waals surface area (Å²) in [5, 5.41) is 10.3. The molecule has 1 aromatic rings. The second kappa shape index (κ2) is 4.16. The molecule has 1 aromatic heterocycles. The molecule has 0 radical (unpaired) electrons. The standard InChI is InChI=1S/C9H12N2O2S/c10-6-2-1-3-11-9(6)14-8-5-13-4-7(8)12/h1-3,7-8,12H,4-5,10H2. The Labute approximate surface area is 86.5 Å². The second-order valence-electron chi connectivity index (χ2n) is 3.16. The Morgan fingerprint density at radius 2 is 2.43 bits per heavy atom. The maximum Gasteiger partial charge on any atom is 0.119 e. The summed E-state index contributed by atoms with van der Waals surface area (Å²) >= 11 is 1.47. The van der Waals surface area contributed by atoms with Gasteiger partial charge in [0.15, 0.2) is 0 Å². The van der Waals surface area contributed by atoms with Gasteiger partial charge in [-0.15, -0.1) is 0 Å². The molecule has 0 aliphatic carbocycles. The fraction of sp³-hybridized carbons (Fsp3) is 0.444. The van der Waals surface area contributed by atoms with Crippen molar-refractivity contribution in [1.82, 2.24) is 4.98 Å². The molecular formula is C9H12N2O2S. The number of aromatic nitrogens is 1. The van der Waals surface area contributed by atoms with Crippen LogP contribution < -0.4 is 5.73 Å². The highest BCUT2D eigenvalue weighted by molar-refractivity contribution is 8.00. The van der Waals surface area contributed by atoms with Crippen LogP contribution in [0.3, 0.4) is 0 Å². The van der Waals surface area contributed by atoms with Crippen molar-refractivity contribution < 1.29 is 9.84 Å². The van der Waals surface area contributed by atoms with Gasteiger partial charge in [-0.3, -0.25) is 0 Å². The van der Waals surface area contributed by atoms with Crippen LogP contribution in [0.25, 0.3) is 0 Å². The highest BCUT2D eigenvalue weighted by atomic mass is 32.2. The first-order chi connectivity index (χ1) is 6.77. The van der Waals surface area contributed by atoms with E-state index in [0.717, 1.165) is 5.03 Å². The maximum atomic E-state index is 9.53. The third-order valence-corrected chi connectivity index (χ3v) is 3.38. The zero-order valence-corrected chi connectivity index (χ0v) is 8.41. The Hall–Kier alpha value is -0.780. The number of hydrogen-bond acceptors (Lipinski definition) is 5. The number of aliphatic hydroxyl groups is 1. The van der Waals surface area contributed by atoms with Gasteiger partial charge >= 0.3 is 0 Å². The molecule has 3 N–H and O–H groups in total. The number of thioether (sulfide) groups is 1. The van der Waals surface area contributed by atoms with Crippen LogP contribution in [-0.2, 0) is 4.74 Å². The van der Waals surface area contributed by atoms with Crippen molar-refractivity contribution in [2.24, 2.45) is 0 Å². The molecule has 0 saturated carbocycles. The Bertz CT molecular complexity index is 321. The van der Waals surface area contributed by atoms with Crippen molar-refractivity contribution in [1.29, 1.82) is 0 Å². The lowest BCUT2D eigenvalue weighted by Crippen LogP contribution is -2.20. The first-order valence-electron chi connectivity index (χ1n) is 4.40. The molecule has 0 bridgehead atoms. The van der Waals surface area contributed by atoms with E-state index in [9.17, 15) is 5.11 Å². The van der Waals surface area contributed by atoms with E-state index in [0.29, 0.717) is 18.9 Å². The summed E-state index contributed by atoms with van der Waals surface area (Å²) in [4.78, 5) is 4.15. The van der Waals surface area contributed by atoms with Gasteiger partial charge < -0.3 is 15.6 Å². The van der Waals surface area contributed by atoms with Gasteiger partial charge in [0, 0.05) is 6.20 Å². The van der Waals surface area contributed by atoms with Gasteiger partial charge in [0.05, 0.1) is 30.3 Å². The van der Waals surface area contributed by atoms with E-state index >= 15 is 0 Å². The maximum absolute atomic E-state index is 9.53. The number of aliphatic hydroxyl groups excluding tert-OH is 1. The first kappa shape index (κ1) is 9.76. The van der Waals surface area contributed by atoms with Crippen molar-refractivity contribution in [2.45, 2.75) is 16.4 Å². The van der Waals surface area contributed by atoms with Crippen molar-refractivity contribution in [3.63, 3.8) is 0 Å². The highest BCUT2D eigenvalue weighted by Gasteiger charge is 2.27. The lowest BCUT2D eigenvalue weighted by Gasteiger charge is -2.11. The molecule has 4 nitrogen and oxygen atoms in total. The van der Waals surface area contributed by atoms with Crippen molar-refractivity contribution in [2.75, 3.05) is 18.9 Å². The van der Waals surface area contributed by atoms with Crippen LogP contribution in [0.15, 0.2) is 23.4 Å². The lowest BCUT2D eigenvalue weighted by molar-refractivity contribution is 0.127. The SMILES string of the molecule is Nc1cccnc1SC1COCC1O. The molecular weight excluding hydrogens is 200 g/mol. The topological polar surface area (TPSA) is 68.4 Å². The number of ether oxygens (including phenoxy) is 1. The minimum absolute atomic E-state index is 0.0483. The van der Waals surface area contributed by atoms with Crippen LogP contribution in [0, 0.1) is 0 Å². The highest BCUT2D eigenvalue weighted by Crippen LogP contribution is 2.30. The Morgan fingerprint density at radius 3 is 3.07 bits per heavy atom. The molecule has 14 heavy (non-hydrogen) atoms. The van der Waals surface area contributed by atoms with Gasteiger partial charge in [0.1, 0.15) is 5.03 Å². The molecule has 76 valence electrons. The summed E-state index contributed by atoms with van der Waals surface area (Å²) in [6, 6.07) is 3.60. The summed E-state index contributed by atoms with van der Waals surface area (Å²) in [6.07, 6.45) is 1.28. The molecule has 2 unspecified atom stereocenters. The molecule has 5 heteroatoms. The van der Waals surface area contributed by atoms with Gasteiger partial charge in [-0.1, -0.05) is 11.8 Å². The van der Waals surface area contributed by atoms with Crippen molar-refractivity contribution in [3.8, 4) is 0 Å². The molecule has 1 fully saturated rings. The average Bonchev–Trinajstić information content (AvgIpc) is 2.56. The van der Waals surface area contributed by atoms with Crippen LogP contribution in [0.2, 0.25) is 0 Å². The van der Waals surface area contributed by atoms with Gasteiger partial charge in [-0.05, 0) is 12.1 Å². The van der Waals surface area contributed by atoms with E-state index in [1.165, 1.54) is 11.8 Å². The van der Waals surface area contributed by atoms with Crippen molar-refractivity contribution in [3.05, 3.63) is 18.3 Å². The van der Waals surface area contributed by atoms with Crippen LogP contribution in [-0.4, -0.2) is 34.7 Å². The zero-order chi connectivity index (χ0) is 9.97. The van der Waals surface area contributed by atoms with E-state index < -0.39 is 6.10 Å². The summed E-state index contributed by atoms with van der Waals surface area (Å²) in [7, 11) is 0. The largest absolute Gasteiger partial charge is 0.397 e.